The largest absolute Gasteiger partial charge is 0.462 e. The fourth-order valence-electron chi connectivity index (χ4n) is 2.68. The van der Waals surface area contributed by atoms with E-state index in [2.05, 4.69) is 10.3 Å². The number of halogens is 1. The standard InChI is InChI=1S/C20H16ClN3O7S/c1-2-30-19(28)16-11(10-5-3-4-6-12(10)21)9-32-17(16)23-15(26)8-31-18(27)13-7-14(25)24-20(29)22-13/h3-7,9H,2,8H2,1H3,(H,23,26)(H2,22,24,25,29). The van der Waals surface area contributed by atoms with E-state index in [-0.39, 0.29) is 17.2 Å². The first kappa shape index (κ1) is 23.0. The van der Waals surface area contributed by atoms with Crippen molar-refractivity contribution in [2.75, 3.05) is 18.5 Å². The van der Waals surface area contributed by atoms with Crippen molar-refractivity contribution in [3.8, 4) is 11.1 Å². The highest BCUT2D eigenvalue weighted by atomic mass is 35.5. The summed E-state index contributed by atoms with van der Waals surface area (Å²) in [6.45, 7) is 1.04. The molecule has 3 aromatic rings. The lowest BCUT2D eigenvalue weighted by Gasteiger charge is -2.10. The van der Waals surface area contributed by atoms with Crippen molar-refractivity contribution in [3.05, 3.63) is 72.8 Å². The van der Waals surface area contributed by atoms with Gasteiger partial charge < -0.3 is 19.8 Å². The number of aromatic amines is 2. The second-order valence-electron chi connectivity index (χ2n) is 6.18. The minimum atomic E-state index is -1.07. The lowest BCUT2D eigenvalue weighted by molar-refractivity contribution is -0.119. The van der Waals surface area contributed by atoms with E-state index in [1.807, 2.05) is 4.98 Å². The molecule has 0 aliphatic carbocycles. The van der Waals surface area contributed by atoms with Crippen molar-refractivity contribution < 1.29 is 23.9 Å². The number of benzene rings is 1. The predicted octanol–water partition coefficient (Wildman–Crippen LogP) is 2.42. The first-order chi connectivity index (χ1) is 15.3. The highest BCUT2D eigenvalue weighted by Gasteiger charge is 2.24. The van der Waals surface area contributed by atoms with Gasteiger partial charge in [-0.25, -0.2) is 14.4 Å². The summed E-state index contributed by atoms with van der Waals surface area (Å²) in [4.78, 5) is 63.4. The smallest absolute Gasteiger partial charge is 0.355 e. The number of thiophene rings is 1. The summed E-state index contributed by atoms with van der Waals surface area (Å²) in [5, 5.41) is 4.75. The first-order valence-corrected chi connectivity index (χ1v) is 10.4. The number of ether oxygens (including phenoxy) is 2. The van der Waals surface area contributed by atoms with Gasteiger partial charge in [-0.05, 0) is 13.0 Å². The minimum absolute atomic E-state index is 0.114. The van der Waals surface area contributed by atoms with Crippen molar-refractivity contribution in [2.24, 2.45) is 0 Å². The number of aromatic nitrogens is 2. The highest BCUT2D eigenvalue weighted by molar-refractivity contribution is 7.15. The van der Waals surface area contributed by atoms with E-state index >= 15 is 0 Å². The third kappa shape index (κ3) is 5.31. The number of H-pyrrole nitrogens is 2. The van der Waals surface area contributed by atoms with Gasteiger partial charge in [-0.15, -0.1) is 11.3 Å². The van der Waals surface area contributed by atoms with Crippen LogP contribution in [0, 0.1) is 0 Å². The highest BCUT2D eigenvalue weighted by Crippen LogP contribution is 2.39. The summed E-state index contributed by atoms with van der Waals surface area (Å²) in [6, 6.07) is 7.72. The van der Waals surface area contributed by atoms with Crippen LogP contribution in [0.4, 0.5) is 5.00 Å². The van der Waals surface area contributed by atoms with E-state index in [1.165, 1.54) is 0 Å². The molecule has 0 atom stereocenters. The van der Waals surface area contributed by atoms with Crippen LogP contribution >= 0.6 is 22.9 Å². The van der Waals surface area contributed by atoms with Crippen LogP contribution in [0.25, 0.3) is 11.1 Å². The number of carbonyl (C=O) groups is 3. The maximum atomic E-state index is 12.6. The molecule has 0 saturated carbocycles. The molecule has 2 heterocycles. The third-order valence-corrected chi connectivity index (χ3v) is 5.23. The molecule has 10 nitrogen and oxygen atoms in total. The Morgan fingerprint density at radius 2 is 1.81 bits per heavy atom. The Labute approximate surface area is 189 Å². The fraction of sp³-hybridized carbons (Fsp3) is 0.150. The van der Waals surface area contributed by atoms with Crippen molar-refractivity contribution in [3.63, 3.8) is 0 Å². The molecule has 0 spiro atoms. The summed E-state index contributed by atoms with van der Waals surface area (Å²) in [5.74, 6) is -2.47. The summed E-state index contributed by atoms with van der Waals surface area (Å²) in [6.07, 6.45) is 0. The monoisotopic (exact) mass is 477 g/mol. The van der Waals surface area contributed by atoms with Crippen LogP contribution in [0.2, 0.25) is 5.02 Å². The van der Waals surface area contributed by atoms with E-state index in [0.29, 0.717) is 16.1 Å². The number of hydrogen-bond acceptors (Lipinski definition) is 8. The van der Waals surface area contributed by atoms with Crippen LogP contribution in [-0.2, 0) is 14.3 Å². The molecule has 3 N–H and O–H groups in total. The van der Waals surface area contributed by atoms with Gasteiger partial charge in [-0.1, -0.05) is 29.8 Å². The summed E-state index contributed by atoms with van der Waals surface area (Å²) >= 11 is 7.32. The zero-order valence-electron chi connectivity index (χ0n) is 16.5. The number of amides is 1. The summed E-state index contributed by atoms with van der Waals surface area (Å²) < 4.78 is 9.93. The van der Waals surface area contributed by atoms with Crippen LogP contribution in [-0.4, -0.2) is 41.0 Å². The molecular weight excluding hydrogens is 462 g/mol. The fourth-order valence-corrected chi connectivity index (χ4v) is 3.89. The lowest BCUT2D eigenvalue weighted by atomic mass is 10.0. The van der Waals surface area contributed by atoms with Gasteiger partial charge in [0.1, 0.15) is 16.3 Å². The van der Waals surface area contributed by atoms with Crippen molar-refractivity contribution in [1.29, 1.82) is 0 Å². The average Bonchev–Trinajstić information content (AvgIpc) is 3.15. The van der Waals surface area contributed by atoms with E-state index < -0.39 is 41.4 Å². The summed E-state index contributed by atoms with van der Waals surface area (Å²) in [5.41, 5.74) is -0.917. The van der Waals surface area contributed by atoms with E-state index in [0.717, 1.165) is 17.4 Å². The normalized spacial score (nSPS) is 10.4. The molecule has 1 amide bonds. The van der Waals surface area contributed by atoms with Gasteiger partial charge in [-0.2, -0.15) is 0 Å². The molecule has 166 valence electrons. The van der Waals surface area contributed by atoms with Crippen LogP contribution in [0.3, 0.4) is 0 Å². The number of nitrogens with one attached hydrogen (secondary N) is 3. The van der Waals surface area contributed by atoms with Gasteiger partial charge >= 0.3 is 17.6 Å². The molecule has 0 aliphatic rings. The molecule has 0 bridgehead atoms. The van der Waals surface area contributed by atoms with Crippen LogP contribution in [0.1, 0.15) is 27.8 Å². The van der Waals surface area contributed by atoms with E-state index in [9.17, 15) is 24.0 Å². The number of esters is 2. The van der Waals surface area contributed by atoms with Crippen LogP contribution in [0.5, 0.6) is 0 Å². The Morgan fingerprint density at radius 3 is 2.50 bits per heavy atom. The molecule has 12 heteroatoms. The second kappa shape index (κ2) is 10.1. The SMILES string of the molecule is CCOC(=O)c1c(-c2ccccc2Cl)csc1NC(=O)COC(=O)c1cc(=O)[nH]c(=O)[nH]1. The Hall–Kier alpha value is -3.70. The third-order valence-electron chi connectivity index (χ3n) is 4.00. The minimum Gasteiger partial charge on any atom is -0.462 e. The molecule has 0 unspecified atom stereocenters. The molecule has 0 aliphatic heterocycles. The van der Waals surface area contributed by atoms with Crippen molar-refractivity contribution in [1.82, 2.24) is 9.97 Å². The van der Waals surface area contributed by atoms with Gasteiger partial charge in [0.2, 0.25) is 0 Å². The van der Waals surface area contributed by atoms with Gasteiger partial charge in [0.15, 0.2) is 6.61 Å². The lowest BCUT2D eigenvalue weighted by Crippen LogP contribution is -2.27. The molecular formula is C20H16ClN3O7S. The van der Waals surface area contributed by atoms with E-state index in [1.54, 1.807) is 36.6 Å². The predicted molar refractivity (Wildman–Crippen MR) is 117 cm³/mol. The van der Waals surface area contributed by atoms with Gasteiger partial charge in [0.25, 0.3) is 11.5 Å². The Morgan fingerprint density at radius 1 is 1.06 bits per heavy atom. The van der Waals surface area contributed by atoms with Crippen molar-refractivity contribution >= 4 is 45.8 Å². The average molecular weight is 478 g/mol. The van der Waals surface area contributed by atoms with Gasteiger partial charge in [0, 0.05) is 27.6 Å². The maximum absolute atomic E-state index is 12.6. The quantitative estimate of drug-likeness (QED) is 0.442. The molecule has 0 radical (unpaired) electrons. The number of carbonyl (C=O) groups excluding carboxylic acids is 3. The molecule has 3 rings (SSSR count). The topological polar surface area (TPSA) is 147 Å². The van der Waals surface area contributed by atoms with E-state index in [4.69, 9.17) is 21.1 Å². The number of anilines is 1. The molecule has 32 heavy (non-hydrogen) atoms. The maximum Gasteiger partial charge on any atom is 0.355 e. The second-order valence-corrected chi connectivity index (χ2v) is 7.47. The first-order valence-electron chi connectivity index (χ1n) is 9.14. The molecule has 0 saturated heterocycles. The Bertz CT molecular complexity index is 1270. The zero-order chi connectivity index (χ0) is 23.3. The summed E-state index contributed by atoms with van der Waals surface area (Å²) in [7, 11) is 0. The molecule has 2 aromatic heterocycles. The van der Waals surface area contributed by atoms with Crippen LogP contribution < -0.4 is 16.6 Å². The Balaban J connectivity index is 1.79. The number of hydrogen-bond donors (Lipinski definition) is 3. The number of rotatable bonds is 7. The molecule has 0 fully saturated rings. The molecule has 1 aromatic carbocycles. The van der Waals surface area contributed by atoms with Crippen molar-refractivity contribution in [2.45, 2.75) is 6.92 Å². The zero-order valence-corrected chi connectivity index (χ0v) is 18.1. The van der Waals surface area contributed by atoms with Gasteiger partial charge in [0.05, 0.1) is 6.61 Å². The van der Waals surface area contributed by atoms with Gasteiger partial charge in [-0.3, -0.25) is 14.6 Å². The van der Waals surface area contributed by atoms with Crippen LogP contribution in [0.15, 0.2) is 45.3 Å². The Kier molecular flexibility index (Phi) is 7.23.